The van der Waals surface area contributed by atoms with Crippen LogP contribution < -0.4 is 10.1 Å². The minimum absolute atomic E-state index is 0.199. The molecule has 0 saturated heterocycles. The third kappa shape index (κ3) is 2.80. The second-order valence-corrected chi connectivity index (χ2v) is 4.55. The lowest BCUT2D eigenvalue weighted by molar-refractivity contribution is 0.102. The molecule has 22 heavy (non-hydrogen) atoms. The molecule has 3 rings (SSSR count). The Hall–Kier alpha value is -3.15. The summed E-state index contributed by atoms with van der Waals surface area (Å²) in [6.45, 7) is 0. The van der Waals surface area contributed by atoms with Crippen LogP contribution in [-0.2, 0) is 0 Å². The Kier molecular flexibility index (Phi) is 3.82. The highest BCUT2D eigenvalue weighted by molar-refractivity contribution is 6.05. The molecule has 0 spiro atoms. The monoisotopic (exact) mass is 294 g/mol. The summed E-state index contributed by atoms with van der Waals surface area (Å²) in [5.41, 5.74) is 1.96. The van der Waals surface area contributed by atoms with Crippen molar-refractivity contribution < 1.29 is 9.53 Å². The van der Waals surface area contributed by atoms with Crippen LogP contribution in [0.15, 0.2) is 60.9 Å². The third-order valence-corrected chi connectivity index (χ3v) is 3.17. The molecule has 0 radical (unpaired) electrons. The van der Waals surface area contributed by atoms with E-state index in [1.807, 2.05) is 24.3 Å². The number of carbonyl (C=O) groups is 1. The first-order chi connectivity index (χ1) is 10.8. The topological polar surface area (TPSA) is 69.0 Å². The van der Waals surface area contributed by atoms with Crippen LogP contribution in [0.1, 0.15) is 10.4 Å². The van der Waals surface area contributed by atoms with Crippen LogP contribution >= 0.6 is 0 Å². The lowest BCUT2D eigenvalue weighted by atomic mass is 10.2. The summed E-state index contributed by atoms with van der Waals surface area (Å²) in [5.74, 6) is 0.509. The van der Waals surface area contributed by atoms with E-state index in [0.29, 0.717) is 17.0 Å². The quantitative estimate of drug-likeness (QED) is 0.802. The molecule has 0 aliphatic heterocycles. The van der Waals surface area contributed by atoms with Crippen molar-refractivity contribution in [1.29, 1.82) is 0 Å². The number of para-hydroxylation sites is 2. The molecule has 110 valence electrons. The van der Waals surface area contributed by atoms with Crippen LogP contribution in [0, 0.1) is 0 Å². The van der Waals surface area contributed by atoms with E-state index in [-0.39, 0.29) is 5.91 Å². The molecular formula is C16H14N4O2. The van der Waals surface area contributed by atoms with E-state index in [1.54, 1.807) is 48.5 Å². The number of methoxy groups -OCH3 is 1. The highest BCUT2D eigenvalue weighted by Gasteiger charge is 2.10. The minimum atomic E-state index is -0.199. The smallest absolute Gasteiger partial charge is 0.255 e. The highest BCUT2D eigenvalue weighted by Crippen LogP contribution is 2.20. The van der Waals surface area contributed by atoms with Gasteiger partial charge in [-0.25, -0.2) is 4.68 Å². The predicted octanol–water partition coefficient (Wildman–Crippen LogP) is 2.53. The molecule has 1 aromatic heterocycles. The second-order valence-electron chi connectivity index (χ2n) is 4.55. The number of nitrogens with one attached hydrogen (secondary N) is 1. The maximum absolute atomic E-state index is 12.3. The summed E-state index contributed by atoms with van der Waals surface area (Å²) in [4.78, 5) is 12.3. The van der Waals surface area contributed by atoms with Crippen molar-refractivity contribution in [3.63, 3.8) is 0 Å². The number of amides is 1. The molecule has 0 saturated carbocycles. The van der Waals surface area contributed by atoms with Gasteiger partial charge in [0.15, 0.2) is 0 Å². The SMILES string of the molecule is COc1ccc(C(=O)Nc2ccccc2-n2ccnn2)cc1. The molecule has 3 aromatic rings. The van der Waals surface area contributed by atoms with Gasteiger partial charge in [0, 0.05) is 5.56 Å². The van der Waals surface area contributed by atoms with Crippen molar-refractivity contribution in [3.05, 3.63) is 66.5 Å². The summed E-state index contributed by atoms with van der Waals surface area (Å²) >= 11 is 0. The van der Waals surface area contributed by atoms with Gasteiger partial charge in [-0.1, -0.05) is 17.3 Å². The number of hydrogen-bond donors (Lipinski definition) is 1. The molecule has 1 amide bonds. The van der Waals surface area contributed by atoms with Gasteiger partial charge in [-0.05, 0) is 36.4 Å². The Morgan fingerprint density at radius 1 is 1.14 bits per heavy atom. The van der Waals surface area contributed by atoms with E-state index in [1.165, 1.54) is 0 Å². The maximum Gasteiger partial charge on any atom is 0.255 e. The van der Waals surface area contributed by atoms with E-state index >= 15 is 0 Å². The summed E-state index contributed by atoms with van der Waals surface area (Å²) in [6, 6.07) is 14.3. The van der Waals surface area contributed by atoms with Crippen LogP contribution in [0.2, 0.25) is 0 Å². The Bertz CT molecular complexity index is 767. The standard InChI is InChI=1S/C16H14N4O2/c1-22-13-8-6-12(7-9-13)16(21)18-14-4-2-3-5-15(14)20-11-10-17-19-20/h2-11H,1H3,(H,18,21). The second kappa shape index (κ2) is 6.09. The zero-order chi connectivity index (χ0) is 15.4. The van der Waals surface area contributed by atoms with Gasteiger partial charge in [-0.2, -0.15) is 0 Å². The summed E-state index contributed by atoms with van der Waals surface area (Å²) in [7, 11) is 1.59. The average molecular weight is 294 g/mol. The van der Waals surface area contributed by atoms with Gasteiger partial charge in [0.05, 0.1) is 30.9 Å². The molecule has 6 heteroatoms. The van der Waals surface area contributed by atoms with Gasteiger partial charge in [0.2, 0.25) is 0 Å². The molecule has 1 heterocycles. The zero-order valence-corrected chi connectivity index (χ0v) is 11.9. The fourth-order valence-corrected chi connectivity index (χ4v) is 2.05. The van der Waals surface area contributed by atoms with Crippen molar-refractivity contribution in [1.82, 2.24) is 15.0 Å². The van der Waals surface area contributed by atoms with Gasteiger partial charge in [0.25, 0.3) is 5.91 Å². The first-order valence-electron chi connectivity index (χ1n) is 6.69. The number of nitrogens with zero attached hydrogens (tertiary/aromatic N) is 3. The van der Waals surface area contributed by atoms with Crippen molar-refractivity contribution in [2.24, 2.45) is 0 Å². The average Bonchev–Trinajstić information content (AvgIpc) is 3.10. The number of rotatable bonds is 4. The van der Waals surface area contributed by atoms with Crippen LogP contribution in [0.3, 0.4) is 0 Å². The van der Waals surface area contributed by atoms with E-state index in [0.717, 1.165) is 5.69 Å². The number of aromatic nitrogens is 3. The predicted molar refractivity (Wildman–Crippen MR) is 82.3 cm³/mol. The van der Waals surface area contributed by atoms with Crippen molar-refractivity contribution in [2.75, 3.05) is 12.4 Å². The Morgan fingerprint density at radius 2 is 1.91 bits per heavy atom. The van der Waals surface area contributed by atoms with Crippen LogP contribution in [-0.4, -0.2) is 28.0 Å². The van der Waals surface area contributed by atoms with Gasteiger partial charge >= 0.3 is 0 Å². The van der Waals surface area contributed by atoms with Gasteiger partial charge < -0.3 is 10.1 Å². The number of ether oxygens (including phenoxy) is 1. The van der Waals surface area contributed by atoms with Crippen molar-refractivity contribution in [3.8, 4) is 11.4 Å². The number of benzene rings is 2. The normalized spacial score (nSPS) is 10.2. The Morgan fingerprint density at radius 3 is 2.59 bits per heavy atom. The number of hydrogen-bond acceptors (Lipinski definition) is 4. The molecule has 0 fully saturated rings. The van der Waals surface area contributed by atoms with Crippen LogP contribution in [0.5, 0.6) is 5.75 Å². The third-order valence-electron chi connectivity index (χ3n) is 3.17. The molecular weight excluding hydrogens is 280 g/mol. The lowest BCUT2D eigenvalue weighted by Crippen LogP contribution is -2.14. The first-order valence-corrected chi connectivity index (χ1v) is 6.69. The number of carbonyl (C=O) groups excluding carboxylic acids is 1. The fraction of sp³-hybridized carbons (Fsp3) is 0.0625. The van der Waals surface area contributed by atoms with E-state index in [4.69, 9.17) is 4.74 Å². The minimum Gasteiger partial charge on any atom is -0.497 e. The molecule has 0 unspecified atom stereocenters. The van der Waals surface area contributed by atoms with Gasteiger partial charge in [-0.3, -0.25) is 4.79 Å². The molecule has 0 aliphatic rings. The lowest BCUT2D eigenvalue weighted by Gasteiger charge is -2.10. The maximum atomic E-state index is 12.3. The Labute approximate surface area is 127 Å². The summed E-state index contributed by atoms with van der Waals surface area (Å²) in [6.07, 6.45) is 3.31. The van der Waals surface area contributed by atoms with E-state index < -0.39 is 0 Å². The van der Waals surface area contributed by atoms with Gasteiger partial charge in [0.1, 0.15) is 5.75 Å². The largest absolute Gasteiger partial charge is 0.497 e. The molecule has 0 atom stereocenters. The van der Waals surface area contributed by atoms with E-state index in [9.17, 15) is 4.79 Å². The van der Waals surface area contributed by atoms with Crippen molar-refractivity contribution in [2.45, 2.75) is 0 Å². The molecule has 1 N–H and O–H groups in total. The summed E-state index contributed by atoms with van der Waals surface area (Å²) in [5, 5.41) is 10.6. The molecule has 2 aromatic carbocycles. The first kappa shape index (κ1) is 13.8. The van der Waals surface area contributed by atoms with E-state index in [2.05, 4.69) is 15.6 Å². The molecule has 0 aliphatic carbocycles. The van der Waals surface area contributed by atoms with Crippen molar-refractivity contribution >= 4 is 11.6 Å². The van der Waals surface area contributed by atoms with Crippen LogP contribution in [0.25, 0.3) is 5.69 Å². The Balaban J connectivity index is 1.85. The molecule has 6 nitrogen and oxygen atoms in total. The fourth-order valence-electron chi connectivity index (χ4n) is 2.05. The zero-order valence-electron chi connectivity index (χ0n) is 11.9. The summed E-state index contributed by atoms with van der Waals surface area (Å²) < 4.78 is 6.69. The highest BCUT2D eigenvalue weighted by atomic mass is 16.5. The van der Waals surface area contributed by atoms with Gasteiger partial charge in [-0.15, -0.1) is 5.10 Å². The molecule has 0 bridgehead atoms. The number of anilines is 1. The van der Waals surface area contributed by atoms with Crippen LogP contribution in [0.4, 0.5) is 5.69 Å².